The molecule has 1 heterocycles. The molecular formula is C19H28N2O4. The molecular weight excluding hydrogens is 320 g/mol. The van der Waals surface area contributed by atoms with Crippen molar-refractivity contribution < 1.29 is 19.1 Å². The molecule has 0 atom stereocenters. The molecule has 0 spiro atoms. The lowest BCUT2D eigenvalue weighted by atomic mass is 9.97. The van der Waals surface area contributed by atoms with E-state index in [1.54, 1.807) is 7.11 Å². The Morgan fingerprint density at radius 2 is 1.96 bits per heavy atom. The molecule has 0 saturated carbocycles. The molecule has 1 aliphatic rings. The number of nitrogens with one attached hydrogen (secondary N) is 1. The highest BCUT2D eigenvalue weighted by Gasteiger charge is 2.26. The number of hydrogen-bond acceptors (Lipinski definition) is 5. The first-order valence-electron chi connectivity index (χ1n) is 8.91. The summed E-state index contributed by atoms with van der Waals surface area (Å²) in [6.07, 6.45) is 2.25. The molecule has 1 saturated heterocycles. The van der Waals surface area contributed by atoms with Crippen LogP contribution in [-0.4, -0.2) is 56.7 Å². The molecule has 1 N–H and O–H groups in total. The van der Waals surface area contributed by atoms with E-state index in [2.05, 4.69) is 10.2 Å². The second-order valence-electron chi connectivity index (χ2n) is 6.21. The molecule has 25 heavy (non-hydrogen) atoms. The van der Waals surface area contributed by atoms with Crippen LogP contribution in [0.1, 0.15) is 25.3 Å². The topological polar surface area (TPSA) is 67.9 Å². The number of amides is 1. The molecule has 1 aliphatic heterocycles. The van der Waals surface area contributed by atoms with Gasteiger partial charge >= 0.3 is 5.97 Å². The average molecular weight is 348 g/mol. The highest BCUT2D eigenvalue weighted by Crippen LogP contribution is 2.19. The number of para-hydroxylation sites is 1. The van der Waals surface area contributed by atoms with E-state index in [1.807, 2.05) is 31.2 Å². The van der Waals surface area contributed by atoms with Gasteiger partial charge in [-0.05, 0) is 50.9 Å². The monoisotopic (exact) mass is 348 g/mol. The summed E-state index contributed by atoms with van der Waals surface area (Å²) in [7, 11) is 1.65. The van der Waals surface area contributed by atoms with Crippen molar-refractivity contribution in [1.82, 2.24) is 10.2 Å². The Kier molecular flexibility index (Phi) is 7.73. The maximum atomic E-state index is 12.1. The maximum absolute atomic E-state index is 12.1. The third-order valence-corrected chi connectivity index (χ3v) is 4.48. The Balaban J connectivity index is 1.67. The van der Waals surface area contributed by atoms with E-state index in [4.69, 9.17) is 9.47 Å². The minimum Gasteiger partial charge on any atom is -0.496 e. The van der Waals surface area contributed by atoms with Gasteiger partial charge in [0.05, 0.1) is 26.2 Å². The summed E-state index contributed by atoms with van der Waals surface area (Å²) in [5.41, 5.74) is 1.08. The molecule has 138 valence electrons. The summed E-state index contributed by atoms with van der Waals surface area (Å²) in [5, 5.41) is 2.96. The number of methoxy groups -OCH3 is 1. The summed E-state index contributed by atoms with van der Waals surface area (Å²) in [5.74, 6) is 0.732. The predicted octanol–water partition coefficient (Wildman–Crippen LogP) is 1.63. The zero-order chi connectivity index (χ0) is 18.1. The van der Waals surface area contributed by atoms with Gasteiger partial charge in [-0.25, -0.2) is 0 Å². The van der Waals surface area contributed by atoms with E-state index < -0.39 is 0 Å². The molecule has 6 nitrogen and oxygen atoms in total. The molecule has 1 aromatic rings. The summed E-state index contributed by atoms with van der Waals surface area (Å²) < 4.78 is 10.4. The smallest absolute Gasteiger partial charge is 0.309 e. The number of ether oxygens (including phenoxy) is 2. The molecule has 1 aromatic carbocycles. The first kappa shape index (κ1) is 19.2. The molecule has 2 rings (SSSR count). The third-order valence-electron chi connectivity index (χ3n) is 4.48. The Morgan fingerprint density at radius 1 is 1.24 bits per heavy atom. The molecule has 6 heteroatoms. The normalized spacial score (nSPS) is 15.6. The number of piperidine rings is 1. The van der Waals surface area contributed by atoms with Crippen molar-refractivity contribution in [3.63, 3.8) is 0 Å². The van der Waals surface area contributed by atoms with E-state index in [1.165, 1.54) is 0 Å². The minimum absolute atomic E-state index is 0.0180. The summed E-state index contributed by atoms with van der Waals surface area (Å²) in [4.78, 5) is 25.9. The number of carbonyl (C=O) groups excluding carboxylic acids is 2. The second-order valence-corrected chi connectivity index (χ2v) is 6.21. The van der Waals surface area contributed by atoms with Crippen molar-refractivity contribution in [3.05, 3.63) is 29.8 Å². The van der Waals surface area contributed by atoms with Crippen molar-refractivity contribution in [2.45, 2.75) is 26.2 Å². The fourth-order valence-corrected chi connectivity index (χ4v) is 3.09. The predicted molar refractivity (Wildman–Crippen MR) is 95.5 cm³/mol. The standard InChI is InChI=1S/C19H28N2O4/c1-3-25-19(23)16-9-12-21(13-10-16)14-18(22)20-11-8-15-6-4-5-7-17(15)24-2/h4-7,16H,3,8-14H2,1-2H3,(H,20,22). The number of benzene rings is 1. The van der Waals surface area contributed by atoms with Gasteiger partial charge < -0.3 is 14.8 Å². The molecule has 1 amide bonds. The van der Waals surface area contributed by atoms with Crippen LogP contribution in [-0.2, 0) is 20.7 Å². The average Bonchev–Trinajstić information content (AvgIpc) is 2.63. The van der Waals surface area contributed by atoms with Crippen molar-refractivity contribution in [2.24, 2.45) is 5.92 Å². The van der Waals surface area contributed by atoms with E-state index >= 15 is 0 Å². The van der Waals surface area contributed by atoms with Crippen LogP contribution in [0, 0.1) is 5.92 Å². The zero-order valence-corrected chi connectivity index (χ0v) is 15.1. The van der Waals surface area contributed by atoms with Crippen LogP contribution in [0.5, 0.6) is 5.75 Å². The van der Waals surface area contributed by atoms with E-state index in [0.29, 0.717) is 19.7 Å². The quantitative estimate of drug-likeness (QED) is 0.723. The van der Waals surface area contributed by atoms with Crippen LogP contribution in [0.2, 0.25) is 0 Å². The van der Waals surface area contributed by atoms with E-state index in [-0.39, 0.29) is 17.8 Å². The van der Waals surface area contributed by atoms with Gasteiger partial charge in [-0.1, -0.05) is 18.2 Å². The largest absolute Gasteiger partial charge is 0.496 e. The van der Waals surface area contributed by atoms with Gasteiger partial charge in [0.25, 0.3) is 0 Å². The maximum Gasteiger partial charge on any atom is 0.309 e. The lowest BCUT2D eigenvalue weighted by Gasteiger charge is -2.30. The van der Waals surface area contributed by atoms with Gasteiger partial charge in [-0.3, -0.25) is 14.5 Å². The first-order chi connectivity index (χ1) is 12.1. The van der Waals surface area contributed by atoms with Crippen molar-refractivity contribution in [2.75, 3.05) is 39.9 Å². The molecule has 1 fully saturated rings. The number of hydrogen-bond donors (Lipinski definition) is 1. The van der Waals surface area contributed by atoms with Gasteiger partial charge in [0.2, 0.25) is 5.91 Å². The van der Waals surface area contributed by atoms with Gasteiger partial charge in [0.15, 0.2) is 0 Å². The summed E-state index contributed by atoms with van der Waals surface area (Å²) in [6.45, 7) is 4.71. The fourth-order valence-electron chi connectivity index (χ4n) is 3.09. The Hall–Kier alpha value is -2.08. The third kappa shape index (κ3) is 6.05. The minimum atomic E-state index is -0.108. The van der Waals surface area contributed by atoms with Crippen LogP contribution in [0.4, 0.5) is 0 Å². The Labute approximate surface area is 149 Å². The molecule has 0 bridgehead atoms. The Bertz CT molecular complexity index is 568. The van der Waals surface area contributed by atoms with Crippen LogP contribution in [0.25, 0.3) is 0 Å². The molecule has 0 unspecified atom stereocenters. The highest BCUT2D eigenvalue weighted by atomic mass is 16.5. The summed E-state index contributed by atoms with van der Waals surface area (Å²) in [6, 6.07) is 7.82. The van der Waals surface area contributed by atoms with Gasteiger partial charge in [0, 0.05) is 6.54 Å². The van der Waals surface area contributed by atoms with Crippen molar-refractivity contribution in [1.29, 1.82) is 0 Å². The van der Waals surface area contributed by atoms with Crippen molar-refractivity contribution >= 4 is 11.9 Å². The number of carbonyl (C=O) groups is 2. The lowest BCUT2D eigenvalue weighted by molar-refractivity contribution is -0.149. The van der Waals surface area contributed by atoms with Gasteiger partial charge in [0.1, 0.15) is 5.75 Å². The van der Waals surface area contributed by atoms with Crippen LogP contribution in [0.3, 0.4) is 0 Å². The van der Waals surface area contributed by atoms with Crippen LogP contribution in [0.15, 0.2) is 24.3 Å². The van der Waals surface area contributed by atoms with Crippen LogP contribution < -0.4 is 10.1 Å². The number of nitrogens with zero attached hydrogens (tertiary/aromatic N) is 1. The number of esters is 1. The molecule has 0 aromatic heterocycles. The van der Waals surface area contributed by atoms with E-state index in [0.717, 1.165) is 43.7 Å². The van der Waals surface area contributed by atoms with E-state index in [9.17, 15) is 9.59 Å². The first-order valence-corrected chi connectivity index (χ1v) is 8.91. The Morgan fingerprint density at radius 3 is 2.64 bits per heavy atom. The fraction of sp³-hybridized carbons (Fsp3) is 0.579. The second kappa shape index (κ2) is 10.0. The molecule has 0 aliphatic carbocycles. The number of rotatable bonds is 8. The SMILES string of the molecule is CCOC(=O)C1CCN(CC(=O)NCCc2ccccc2OC)CC1. The highest BCUT2D eigenvalue weighted by molar-refractivity contribution is 5.78. The van der Waals surface area contributed by atoms with Crippen LogP contribution >= 0.6 is 0 Å². The van der Waals surface area contributed by atoms with Gasteiger partial charge in [-0.2, -0.15) is 0 Å². The zero-order valence-electron chi connectivity index (χ0n) is 15.1. The van der Waals surface area contributed by atoms with Gasteiger partial charge in [-0.15, -0.1) is 0 Å². The van der Waals surface area contributed by atoms with Crippen molar-refractivity contribution in [3.8, 4) is 5.75 Å². The molecule has 0 radical (unpaired) electrons. The summed E-state index contributed by atoms with van der Waals surface area (Å²) >= 11 is 0. The number of likely N-dealkylation sites (tertiary alicyclic amines) is 1. The lowest BCUT2D eigenvalue weighted by Crippen LogP contribution is -2.43.